The Bertz CT molecular complexity index is 853. The molecule has 0 radical (unpaired) electrons. The molecule has 0 unspecified atom stereocenters. The minimum Gasteiger partial charge on any atom is -0.356 e. The molecule has 1 saturated heterocycles. The molecule has 2 atom stereocenters. The number of pyridine rings is 1. The van der Waals surface area contributed by atoms with Crippen LogP contribution in [0, 0.1) is 11.8 Å². The summed E-state index contributed by atoms with van der Waals surface area (Å²) in [7, 11) is 0. The van der Waals surface area contributed by atoms with Crippen molar-refractivity contribution in [3.63, 3.8) is 0 Å². The number of aromatic nitrogens is 3. The van der Waals surface area contributed by atoms with Crippen LogP contribution in [0.1, 0.15) is 48.2 Å². The van der Waals surface area contributed by atoms with Gasteiger partial charge in [-0.15, -0.1) is 0 Å². The van der Waals surface area contributed by atoms with E-state index in [1.54, 1.807) is 12.4 Å². The van der Waals surface area contributed by atoms with Crippen LogP contribution in [0.5, 0.6) is 0 Å². The second-order valence-electron chi connectivity index (χ2n) is 7.98. The summed E-state index contributed by atoms with van der Waals surface area (Å²) in [6, 6.07) is 3.83. The van der Waals surface area contributed by atoms with Crippen molar-refractivity contribution in [3.05, 3.63) is 35.8 Å². The fourth-order valence-corrected chi connectivity index (χ4v) is 4.95. The molecular weight excluding hydrogens is 338 g/mol. The third-order valence-corrected chi connectivity index (χ3v) is 6.37. The largest absolute Gasteiger partial charge is 0.356 e. The lowest BCUT2D eigenvalue weighted by Gasteiger charge is -2.42. The Hall–Kier alpha value is -2.50. The third kappa shape index (κ3) is 3.07. The summed E-state index contributed by atoms with van der Waals surface area (Å²) < 4.78 is 0. The minimum absolute atomic E-state index is 0.0856. The highest BCUT2D eigenvalue weighted by Crippen LogP contribution is 2.38. The normalized spacial score (nSPS) is 24.7. The highest BCUT2D eigenvalue weighted by atomic mass is 16.1. The average molecular weight is 363 g/mol. The van der Waals surface area contributed by atoms with Crippen molar-refractivity contribution >= 4 is 11.7 Å². The zero-order valence-corrected chi connectivity index (χ0v) is 15.5. The van der Waals surface area contributed by atoms with Crippen LogP contribution in [-0.4, -0.2) is 40.5 Å². The van der Waals surface area contributed by atoms with E-state index < -0.39 is 0 Å². The molecule has 2 aromatic rings. The lowest BCUT2D eigenvalue weighted by molar-refractivity contribution is 0.0940. The van der Waals surface area contributed by atoms with Gasteiger partial charge in [-0.1, -0.05) is 19.3 Å². The van der Waals surface area contributed by atoms with Gasteiger partial charge in [0.2, 0.25) is 0 Å². The molecule has 1 amide bonds. The number of nitrogens with zero attached hydrogens (tertiary/aromatic N) is 4. The molecule has 0 spiro atoms. The van der Waals surface area contributed by atoms with Gasteiger partial charge < -0.3 is 10.2 Å². The Morgan fingerprint density at radius 2 is 2.00 bits per heavy atom. The smallest absolute Gasteiger partial charge is 0.270 e. The Morgan fingerprint density at radius 3 is 2.85 bits per heavy atom. The SMILES string of the molecule is O=C1NCCc2c1nc(-c1cccnc1)nc2N1CC[C@@H]2CCCC[C@H]2C1. The summed E-state index contributed by atoms with van der Waals surface area (Å²) in [6.07, 6.45) is 11.0. The van der Waals surface area contributed by atoms with Gasteiger partial charge >= 0.3 is 0 Å². The van der Waals surface area contributed by atoms with E-state index in [-0.39, 0.29) is 5.91 Å². The van der Waals surface area contributed by atoms with Crippen LogP contribution in [0.25, 0.3) is 11.4 Å². The lowest BCUT2D eigenvalue weighted by Crippen LogP contribution is -2.44. The Kier molecular flexibility index (Phi) is 4.26. The molecule has 0 aromatic carbocycles. The molecule has 4 heterocycles. The highest BCUT2D eigenvalue weighted by Gasteiger charge is 2.34. The van der Waals surface area contributed by atoms with Crippen molar-refractivity contribution in [1.29, 1.82) is 0 Å². The van der Waals surface area contributed by atoms with E-state index in [0.717, 1.165) is 48.3 Å². The molecule has 27 heavy (non-hydrogen) atoms. The number of hydrogen-bond donors (Lipinski definition) is 1. The Labute approximate surface area is 159 Å². The molecule has 2 fully saturated rings. The topological polar surface area (TPSA) is 71.0 Å². The van der Waals surface area contributed by atoms with E-state index in [9.17, 15) is 4.79 Å². The number of anilines is 1. The number of amides is 1. The summed E-state index contributed by atoms with van der Waals surface area (Å²) >= 11 is 0. The van der Waals surface area contributed by atoms with Crippen LogP contribution in [0.15, 0.2) is 24.5 Å². The minimum atomic E-state index is -0.0856. The number of hydrogen-bond acceptors (Lipinski definition) is 5. The number of carbonyl (C=O) groups is 1. The Morgan fingerprint density at radius 1 is 1.11 bits per heavy atom. The van der Waals surface area contributed by atoms with Crippen LogP contribution in [0.2, 0.25) is 0 Å². The molecule has 140 valence electrons. The summed E-state index contributed by atoms with van der Waals surface area (Å²) in [5.41, 5.74) is 2.41. The predicted molar refractivity (Wildman–Crippen MR) is 104 cm³/mol. The monoisotopic (exact) mass is 363 g/mol. The highest BCUT2D eigenvalue weighted by molar-refractivity contribution is 5.96. The lowest BCUT2D eigenvalue weighted by atomic mass is 9.75. The van der Waals surface area contributed by atoms with Gasteiger partial charge in [0.05, 0.1) is 0 Å². The second-order valence-corrected chi connectivity index (χ2v) is 7.98. The summed E-state index contributed by atoms with van der Waals surface area (Å²) in [6.45, 7) is 2.75. The van der Waals surface area contributed by atoms with Crippen molar-refractivity contribution < 1.29 is 4.79 Å². The van der Waals surface area contributed by atoms with Crippen LogP contribution >= 0.6 is 0 Å². The first-order valence-corrected chi connectivity index (χ1v) is 10.1. The van der Waals surface area contributed by atoms with Crippen molar-refractivity contribution in [1.82, 2.24) is 20.3 Å². The Balaban J connectivity index is 1.56. The van der Waals surface area contributed by atoms with Gasteiger partial charge in [-0.25, -0.2) is 9.97 Å². The van der Waals surface area contributed by atoms with Gasteiger partial charge in [-0.2, -0.15) is 0 Å². The number of carbonyl (C=O) groups excluding carboxylic acids is 1. The molecule has 0 bridgehead atoms. The summed E-state index contributed by atoms with van der Waals surface area (Å²) in [4.78, 5) is 28.7. The molecule has 3 aliphatic rings. The fraction of sp³-hybridized carbons (Fsp3) is 0.524. The maximum atomic E-state index is 12.5. The summed E-state index contributed by atoms with van der Waals surface area (Å²) in [5.74, 6) is 3.11. The quantitative estimate of drug-likeness (QED) is 0.888. The predicted octanol–water partition coefficient (Wildman–Crippen LogP) is 2.84. The van der Waals surface area contributed by atoms with E-state index in [0.29, 0.717) is 18.1 Å². The number of rotatable bonds is 2. The molecule has 5 rings (SSSR count). The maximum absolute atomic E-state index is 12.5. The number of fused-ring (bicyclic) bond motifs is 2. The molecule has 1 saturated carbocycles. The third-order valence-electron chi connectivity index (χ3n) is 6.37. The van der Waals surface area contributed by atoms with Gasteiger partial charge in [0.15, 0.2) is 5.82 Å². The van der Waals surface area contributed by atoms with Crippen LogP contribution < -0.4 is 10.2 Å². The molecule has 2 aliphatic heterocycles. The van der Waals surface area contributed by atoms with E-state index in [2.05, 4.69) is 20.2 Å². The maximum Gasteiger partial charge on any atom is 0.270 e. The standard InChI is InChI=1S/C21H25N5O/c27-21-18-17(7-10-23-21)20(25-19(24-18)15-6-3-9-22-12-15)26-11-8-14-4-1-2-5-16(14)13-26/h3,6,9,12,14,16H,1-2,4-5,7-8,10-11,13H2,(H,23,27)/t14-,16-/m0/s1. The molecule has 6 nitrogen and oxygen atoms in total. The number of nitrogens with one attached hydrogen (secondary N) is 1. The molecule has 1 aliphatic carbocycles. The van der Waals surface area contributed by atoms with Crippen molar-refractivity contribution in [2.45, 2.75) is 38.5 Å². The van der Waals surface area contributed by atoms with Crippen LogP contribution in [0.4, 0.5) is 5.82 Å². The van der Waals surface area contributed by atoms with Gasteiger partial charge in [0, 0.05) is 43.2 Å². The summed E-state index contributed by atoms with van der Waals surface area (Å²) in [5, 5.41) is 2.93. The van der Waals surface area contributed by atoms with Gasteiger partial charge in [0.25, 0.3) is 5.91 Å². The van der Waals surface area contributed by atoms with E-state index >= 15 is 0 Å². The van der Waals surface area contributed by atoms with E-state index in [4.69, 9.17) is 4.98 Å². The first kappa shape index (κ1) is 16.7. The van der Waals surface area contributed by atoms with Gasteiger partial charge in [-0.05, 0) is 43.2 Å². The fourth-order valence-electron chi connectivity index (χ4n) is 4.95. The molecular formula is C21H25N5O. The van der Waals surface area contributed by atoms with Crippen molar-refractivity contribution in [3.8, 4) is 11.4 Å². The first-order chi connectivity index (χ1) is 13.3. The van der Waals surface area contributed by atoms with Gasteiger partial charge in [-0.3, -0.25) is 9.78 Å². The van der Waals surface area contributed by atoms with Crippen molar-refractivity contribution in [2.24, 2.45) is 11.8 Å². The molecule has 1 N–H and O–H groups in total. The molecule has 2 aromatic heterocycles. The zero-order valence-electron chi connectivity index (χ0n) is 15.5. The van der Waals surface area contributed by atoms with Crippen LogP contribution in [-0.2, 0) is 6.42 Å². The second kappa shape index (κ2) is 6.91. The van der Waals surface area contributed by atoms with Crippen molar-refractivity contribution in [2.75, 3.05) is 24.5 Å². The van der Waals surface area contributed by atoms with Gasteiger partial charge in [0.1, 0.15) is 11.5 Å². The number of piperidine rings is 1. The van der Waals surface area contributed by atoms with E-state index in [1.165, 1.54) is 32.1 Å². The average Bonchev–Trinajstić information content (AvgIpc) is 2.74. The van der Waals surface area contributed by atoms with Crippen LogP contribution in [0.3, 0.4) is 0 Å². The van der Waals surface area contributed by atoms with E-state index in [1.807, 2.05) is 12.1 Å². The first-order valence-electron chi connectivity index (χ1n) is 10.1. The molecule has 6 heteroatoms. The zero-order chi connectivity index (χ0) is 18.2.